The highest BCUT2D eigenvalue weighted by Gasteiger charge is 2.28. The van der Waals surface area contributed by atoms with Crippen LogP contribution in [0, 0.1) is 0 Å². The highest BCUT2D eigenvalue weighted by Crippen LogP contribution is 2.43. The minimum atomic E-state index is -4.78. The third-order valence-corrected chi connectivity index (χ3v) is 12.9. The summed E-state index contributed by atoms with van der Waals surface area (Å²) in [5, 5.41) is 9.79. The van der Waals surface area contributed by atoms with Crippen LogP contribution in [0.5, 0.6) is 0 Å². The molecule has 0 aliphatic carbocycles. The van der Waals surface area contributed by atoms with Gasteiger partial charge in [-0.2, -0.15) is 0 Å². The third kappa shape index (κ3) is 53.2. The molecular weight excluding hydrogens is 952 g/mol. The Hall–Kier alpha value is -3.60. The van der Waals surface area contributed by atoms with E-state index in [4.69, 9.17) is 23.3 Å². The second kappa shape index (κ2) is 55.6. The van der Waals surface area contributed by atoms with E-state index < -0.39 is 57.8 Å². The van der Waals surface area contributed by atoms with Gasteiger partial charge < -0.3 is 24.2 Å². The molecule has 0 amide bonds. The number of rotatable bonds is 53. The largest absolute Gasteiger partial charge is 0.472 e. The van der Waals surface area contributed by atoms with E-state index in [1.54, 1.807) is 6.08 Å². The number of allylic oxidation sites excluding steroid dienone is 15. The van der Waals surface area contributed by atoms with Crippen molar-refractivity contribution in [2.24, 2.45) is 0 Å². The lowest BCUT2D eigenvalue weighted by molar-refractivity contribution is -0.161. The molecule has 0 spiro atoms. The maximum atomic E-state index is 12.9. The fourth-order valence-corrected chi connectivity index (χ4v) is 8.36. The molecule has 0 bridgehead atoms. The van der Waals surface area contributed by atoms with Crippen LogP contribution in [0.25, 0.3) is 0 Å². The third-order valence-electron chi connectivity index (χ3n) is 12.0. The summed E-state index contributed by atoms with van der Waals surface area (Å²) in [5.41, 5.74) is 0. The number of aliphatic hydroxyl groups excluding tert-OH is 1. The van der Waals surface area contributed by atoms with Gasteiger partial charge in [0.05, 0.1) is 26.2 Å². The van der Waals surface area contributed by atoms with Gasteiger partial charge in [0.15, 0.2) is 6.10 Å². The van der Waals surface area contributed by atoms with Crippen LogP contribution in [0.1, 0.15) is 239 Å². The second-order valence-corrected chi connectivity index (χ2v) is 20.5. The molecule has 0 heterocycles. The number of phosphoric acid groups is 1. The van der Waals surface area contributed by atoms with E-state index in [1.165, 1.54) is 77.0 Å². The molecule has 0 aromatic carbocycles. The smallest absolute Gasteiger partial charge is 0.462 e. The summed E-state index contributed by atoms with van der Waals surface area (Å²) < 4.78 is 39.4. The Morgan fingerprint density at radius 2 is 0.757 bits per heavy atom. The van der Waals surface area contributed by atoms with Crippen LogP contribution in [0.4, 0.5) is 0 Å². The molecule has 0 saturated heterocycles. The van der Waals surface area contributed by atoms with E-state index in [9.17, 15) is 28.9 Å². The Balaban J connectivity index is 4.83. The molecule has 0 aromatic heterocycles. The van der Waals surface area contributed by atoms with Crippen LogP contribution >= 0.6 is 7.82 Å². The van der Waals surface area contributed by atoms with Gasteiger partial charge in [-0.1, -0.05) is 214 Å². The van der Waals surface area contributed by atoms with Crippen molar-refractivity contribution in [3.05, 3.63) is 97.2 Å². The van der Waals surface area contributed by atoms with Crippen molar-refractivity contribution in [3.8, 4) is 0 Å². The molecule has 0 aliphatic heterocycles. The zero-order chi connectivity index (χ0) is 54.1. The number of hydrogen-bond acceptors (Lipinski definition) is 10. The van der Waals surface area contributed by atoms with E-state index in [1.807, 2.05) is 18.2 Å². The Bertz CT molecular complexity index is 1610. The predicted octanol–water partition coefficient (Wildman–Crippen LogP) is 17.3. The van der Waals surface area contributed by atoms with E-state index in [2.05, 4.69) is 93.7 Å². The lowest BCUT2D eigenvalue weighted by Gasteiger charge is -2.21. The van der Waals surface area contributed by atoms with Gasteiger partial charge in [-0.05, 0) is 103 Å². The van der Waals surface area contributed by atoms with Gasteiger partial charge in [0, 0.05) is 12.8 Å². The molecule has 0 aromatic rings. The Morgan fingerprint density at radius 3 is 1.23 bits per heavy atom. The van der Waals surface area contributed by atoms with Crippen LogP contribution in [0.2, 0.25) is 0 Å². The summed E-state index contributed by atoms with van der Waals surface area (Å²) in [4.78, 5) is 48.5. The summed E-state index contributed by atoms with van der Waals surface area (Å²) in [5.74, 6) is -1.62. The summed E-state index contributed by atoms with van der Waals surface area (Å²) in [6.07, 6.45) is 65.3. The first-order chi connectivity index (χ1) is 36.2. The van der Waals surface area contributed by atoms with Crippen molar-refractivity contribution in [3.63, 3.8) is 0 Å². The van der Waals surface area contributed by atoms with Gasteiger partial charge in [-0.3, -0.25) is 23.4 Å². The molecule has 0 fully saturated rings. The second-order valence-electron chi connectivity index (χ2n) is 19.1. The van der Waals surface area contributed by atoms with Gasteiger partial charge in [-0.15, -0.1) is 0 Å². The summed E-state index contributed by atoms with van der Waals surface area (Å²) in [7, 11) is -4.78. The van der Waals surface area contributed by atoms with Gasteiger partial charge >= 0.3 is 25.7 Å². The number of aliphatic hydroxyl groups is 1. The first-order valence-electron chi connectivity index (χ1n) is 29.1. The maximum absolute atomic E-state index is 12.9. The van der Waals surface area contributed by atoms with Crippen LogP contribution in [-0.4, -0.2) is 66.5 Å². The first-order valence-corrected chi connectivity index (χ1v) is 30.6. The number of phosphoric ester groups is 1. The molecule has 0 rings (SSSR count). The van der Waals surface area contributed by atoms with E-state index in [0.717, 1.165) is 103 Å². The molecule has 12 heteroatoms. The fraction of sp³-hybridized carbons (Fsp3) is 0.694. The fourth-order valence-electron chi connectivity index (χ4n) is 7.57. The van der Waals surface area contributed by atoms with Crippen LogP contribution < -0.4 is 0 Å². The minimum Gasteiger partial charge on any atom is -0.462 e. The average molecular weight is 1060 g/mol. The molecule has 2 N–H and O–H groups in total. The number of carbonyl (C=O) groups excluding carboxylic acids is 3. The SMILES string of the molecule is CC/C=C\C/C=C\C/C=C\C/C=C\C/C=C\CC(=O)OC(CO)COP(=O)(O)OCC(COC(=O)CCCCCCC/C=C\CCCCCCCC)OC(=O)CCCCCCCCC/C=C\C/C=C\CCCCC. The van der Waals surface area contributed by atoms with Gasteiger partial charge in [0.1, 0.15) is 12.7 Å². The first kappa shape index (κ1) is 70.4. The number of hydrogen-bond donors (Lipinski definition) is 2. The normalized spacial score (nSPS) is 14.1. The average Bonchev–Trinajstić information content (AvgIpc) is 3.39. The number of ether oxygens (including phenoxy) is 3. The van der Waals surface area contributed by atoms with Crippen molar-refractivity contribution in [2.45, 2.75) is 251 Å². The lowest BCUT2D eigenvalue weighted by atomic mass is 10.1. The van der Waals surface area contributed by atoms with Gasteiger partial charge in [-0.25, -0.2) is 4.57 Å². The monoisotopic (exact) mass is 1060 g/mol. The minimum absolute atomic E-state index is 0.0593. The Morgan fingerprint density at radius 1 is 0.405 bits per heavy atom. The topological polar surface area (TPSA) is 155 Å². The lowest BCUT2D eigenvalue weighted by Crippen LogP contribution is -2.30. The number of unbranched alkanes of at least 4 members (excludes halogenated alkanes) is 21. The molecule has 3 unspecified atom stereocenters. The zero-order valence-corrected chi connectivity index (χ0v) is 47.7. The number of carbonyl (C=O) groups is 3. The number of esters is 3. The predicted molar refractivity (Wildman–Crippen MR) is 307 cm³/mol. The van der Waals surface area contributed by atoms with Crippen LogP contribution in [-0.2, 0) is 42.2 Å². The molecular formula is C62H105O11P. The zero-order valence-electron chi connectivity index (χ0n) is 46.8. The molecule has 0 radical (unpaired) electrons. The maximum Gasteiger partial charge on any atom is 0.472 e. The molecule has 0 aliphatic rings. The molecule has 74 heavy (non-hydrogen) atoms. The molecule has 424 valence electrons. The summed E-state index contributed by atoms with van der Waals surface area (Å²) in [6, 6.07) is 0. The van der Waals surface area contributed by atoms with Gasteiger partial charge in [0.25, 0.3) is 0 Å². The molecule has 0 saturated carbocycles. The van der Waals surface area contributed by atoms with Gasteiger partial charge in [0.2, 0.25) is 0 Å². The highest BCUT2D eigenvalue weighted by molar-refractivity contribution is 7.47. The van der Waals surface area contributed by atoms with Crippen LogP contribution in [0.15, 0.2) is 97.2 Å². The Kier molecular flexibility index (Phi) is 52.9. The van der Waals surface area contributed by atoms with Crippen molar-refractivity contribution in [1.29, 1.82) is 0 Å². The summed E-state index contributed by atoms with van der Waals surface area (Å²) in [6.45, 7) is 4.37. The van der Waals surface area contributed by atoms with Crippen molar-refractivity contribution in [1.82, 2.24) is 0 Å². The molecule has 3 atom stereocenters. The summed E-state index contributed by atoms with van der Waals surface area (Å²) >= 11 is 0. The molecule has 11 nitrogen and oxygen atoms in total. The van der Waals surface area contributed by atoms with Crippen molar-refractivity contribution < 1.29 is 52.2 Å². The van der Waals surface area contributed by atoms with Crippen molar-refractivity contribution in [2.75, 3.05) is 26.4 Å². The van der Waals surface area contributed by atoms with Crippen molar-refractivity contribution >= 4 is 25.7 Å². The van der Waals surface area contributed by atoms with E-state index >= 15 is 0 Å². The standard InChI is InChI=1S/C62H105O11P/c1-4-7-10-13-16-19-22-25-28-29-32-35-38-41-44-47-50-53-62(66)73-59(55-69-60(64)51-48-45-42-39-36-33-30-26-23-20-17-14-11-8-5-2)57-71-74(67,68)70-56-58(54-63)72-61(65)52-49-46-43-40-37-34-31-27-24-21-18-15-12-9-6-3/h9,12,16,18-19,21,25-28,30-31,37,40,46,49,58-59,63H,4-8,10-11,13-15,17,20,22-24,29,32-36,38-39,41-45,47-48,50-57H2,1-3H3,(H,67,68)/b12-9-,19-16-,21-18-,28-25-,30-26-,31-27-,40-37-,49-46-. The highest BCUT2D eigenvalue weighted by atomic mass is 31.2. The Labute approximate surface area is 451 Å². The van der Waals surface area contributed by atoms with E-state index in [-0.39, 0.29) is 25.9 Å². The quantitative estimate of drug-likeness (QED) is 0.0197. The van der Waals surface area contributed by atoms with E-state index in [0.29, 0.717) is 19.3 Å². The van der Waals surface area contributed by atoms with Crippen LogP contribution in [0.3, 0.4) is 0 Å².